The molecule has 1 unspecified atom stereocenters. The van der Waals surface area contributed by atoms with Gasteiger partial charge in [-0.15, -0.1) is 0 Å². The second-order valence-corrected chi connectivity index (χ2v) is 13.0. The molecule has 0 aliphatic carbocycles. The molecule has 0 spiro atoms. The highest BCUT2D eigenvalue weighted by Gasteiger charge is 2.30. The van der Waals surface area contributed by atoms with E-state index in [-0.39, 0.29) is 18.4 Å². The second-order valence-electron chi connectivity index (χ2n) is 11.8. The van der Waals surface area contributed by atoms with Gasteiger partial charge in [0, 0.05) is 45.7 Å². The Hall–Kier alpha value is -2.13. The molecule has 1 atom stereocenters. The first-order chi connectivity index (χ1) is 20.8. The number of nitrogens with one attached hydrogen (secondary N) is 1. The fourth-order valence-electron chi connectivity index (χ4n) is 3.02. The number of amides is 1. The number of carbonyl (C=O) groups excluding carboxylic acids is 2. The average Bonchev–Trinajstić information content (AvgIpc) is 2.97. The topological polar surface area (TPSA) is 102 Å². The maximum atomic E-state index is 14.1. The van der Waals surface area contributed by atoms with Crippen LogP contribution in [0, 0.1) is 23.3 Å². The quantitative estimate of drug-likeness (QED) is 0.0557. The van der Waals surface area contributed by atoms with Gasteiger partial charge in [-0.3, -0.25) is 0 Å². The average molecular weight is 674 g/mol. The summed E-state index contributed by atoms with van der Waals surface area (Å²) in [6.07, 6.45) is 0.741. The number of rotatable bonds is 19. The first kappa shape index (κ1) is 42.9. The molecule has 0 heterocycles. The van der Waals surface area contributed by atoms with Crippen molar-refractivity contribution in [2.75, 3.05) is 52.2 Å². The van der Waals surface area contributed by atoms with E-state index in [2.05, 4.69) is 14.8 Å². The molecule has 0 fully saturated rings. The van der Waals surface area contributed by atoms with Crippen LogP contribution in [0.15, 0.2) is 6.07 Å². The molecule has 0 bridgehead atoms. The number of benzene rings is 1. The van der Waals surface area contributed by atoms with Crippen molar-refractivity contribution in [1.82, 2.24) is 5.32 Å². The third-order valence-electron chi connectivity index (χ3n) is 6.27. The van der Waals surface area contributed by atoms with Crippen LogP contribution in [0.3, 0.4) is 0 Å². The molecular weight excluding hydrogens is 622 g/mol. The van der Waals surface area contributed by atoms with E-state index in [1.54, 1.807) is 14.2 Å². The van der Waals surface area contributed by atoms with Crippen LogP contribution in [0.4, 0.5) is 22.4 Å². The fourth-order valence-corrected chi connectivity index (χ4v) is 4.28. The Balaban J connectivity index is 0.00000454. The van der Waals surface area contributed by atoms with Gasteiger partial charge < -0.3 is 33.7 Å². The third-order valence-corrected chi connectivity index (χ3v) is 7.33. The highest BCUT2D eigenvalue weighted by molar-refractivity contribution is 7.99. The molecule has 0 aliphatic heterocycles. The SMILES string of the molecule is CCCOC(C)(C)CCSCC(NC(=O)OCCC(C)(C)OCC(C)(C)OC)C(=O)Oc1c(F)c(F)cc(F)c1F.CCOC. The van der Waals surface area contributed by atoms with Gasteiger partial charge in [-0.25, -0.2) is 18.4 Å². The van der Waals surface area contributed by atoms with Crippen molar-refractivity contribution in [3.05, 3.63) is 29.3 Å². The number of halogens is 4. The summed E-state index contributed by atoms with van der Waals surface area (Å²) in [5.74, 6) is -9.68. The van der Waals surface area contributed by atoms with Crippen LogP contribution in [-0.4, -0.2) is 87.1 Å². The van der Waals surface area contributed by atoms with Crippen LogP contribution in [0.5, 0.6) is 5.75 Å². The fraction of sp³-hybridized carbons (Fsp3) is 0.742. The van der Waals surface area contributed by atoms with Crippen LogP contribution in [-0.2, 0) is 28.5 Å². The number of methoxy groups -OCH3 is 2. The maximum absolute atomic E-state index is 14.1. The van der Waals surface area contributed by atoms with Crippen molar-refractivity contribution in [2.24, 2.45) is 0 Å². The van der Waals surface area contributed by atoms with Crippen LogP contribution >= 0.6 is 11.8 Å². The van der Waals surface area contributed by atoms with E-state index in [0.29, 0.717) is 31.8 Å². The predicted octanol–water partition coefficient (Wildman–Crippen LogP) is 6.83. The molecule has 1 rings (SSSR count). The summed E-state index contributed by atoms with van der Waals surface area (Å²) in [6, 6.07) is -1.46. The molecule has 1 amide bonds. The van der Waals surface area contributed by atoms with Gasteiger partial charge in [-0.2, -0.15) is 20.5 Å². The summed E-state index contributed by atoms with van der Waals surface area (Å²) in [5.41, 5.74) is -1.63. The lowest BCUT2D eigenvalue weighted by Crippen LogP contribution is -2.45. The third kappa shape index (κ3) is 18.0. The number of ether oxygens (including phenoxy) is 6. The van der Waals surface area contributed by atoms with Crippen molar-refractivity contribution >= 4 is 23.8 Å². The summed E-state index contributed by atoms with van der Waals surface area (Å²) >= 11 is 1.24. The molecule has 9 nitrogen and oxygen atoms in total. The van der Waals surface area contributed by atoms with Crippen molar-refractivity contribution in [3.63, 3.8) is 0 Å². The number of hydrogen-bond acceptors (Lipinski definition) is 9. The van der Waals surface area contributed by atoms with Crippen LogP contribution < -0.4 is 10.1 Å². The number of hydrogen-bond donors (Lipinski definition) is 1. The summed E-state index contributed by atoms with van der Waals surface area (Å²) < 4.78 is 86.8. The molecule has 0 aliphatic rings. The van der Waals surface area contributed by atoms with Crippen LogP contribution in [0.25, 0.3) is 0 Å². The van der Waals surface area contributed by atoms with Crippen molar-refractivity contribution in [2.45, 2.75) is 97.5 Å². The van der Waals surface area contributed by atoms with Crippen LogP contribution in [0.2, 0.25) is 0 Å². The van der Waals surface area contributed by atoms with E-state index < -0.39 is 63.9 Å². The van der Waals surface area contributed by atoms with Crippen LogP contribution in [0.1, 0.15) is 74.7 Å². The minimum atomic E-state index is -1.88. The molecule has 1 aromatic carbocycles. The second kappa shape index (κ2) is 20.9. The van der Waals surface area contributed by atoms with Gasteiger partial charge in [0.1, 0.15) is 6.04 Å². The molecule has 262 valence electrons. The van der Waals surface area contributed by atoms with Gasteiger partial charge >= 0.3 is 12.1 Å². The largest absolute Gasteiger partial charge is 0.449 e. The standard InChI is InChI=1S/C28H43F4NO7S.C3H8O/c1-9-12-38-27(4,5)11-14-41-16-20(24(34)40-23-21(31)18(29)15-19(30)22(23)32)33-25(35)37-13-10-26(2,3)39-17-28(6,7)36-8;1-3-4-2/h15,20H,9-14,16-17H2,1-8H3,(H,33,35);3H2,1-2H3. The van der Waals surface area contributed by atoms with Crippen molar-refractivity contribution in [1.29, 1.82) is 0 Å². The minimum absolute atomic E-state index is 0.00517. The number of alkyl carbamates (subject to hydrolysis) is 1. The van der Waals surface area contributed by atoms with E-state index in [9.17, 15) is 27.2 Å². The van der Waals surface area contributed by atoms with Gasteiger partial charge in [-0.05, 0) is 67.1 Å². The Kier molecular flexibility index (Phi) is 19.9. The van der Waals surface area contributed by atoms with E-state index >= 15 is 0 Å². The van der Waals surface area contributed by atoms with Gasteiger partial charge in [0.2, 0.25) is 17.4 Å². The Labute approximate surface area is 269 Å². The molecule has 1 aromatic rings. The molecule has 45 heavy (non-hydrogen) atoms. The number of esters is 1. The summed E-state index contributed by atoms with van der Waals surface area (Å²) in [7, 11) is 3.25. The van der Waals surface area contributed by atoms with Gasteiger partial charge in [0.05, 0.1) is 30.0 Å². The Bertz CT molecular complexity index is 1020. The number of thioether (sulfide) groups is 1. The molecule has 0 saturated carbocycles. The predicted molar refractivity (Wildman–Crippen MR) is 166 cm³/mol. The lowest BCUT2D eigenvalue weighted by molar-refractivity contribution is -0.136. The van der Waals surface area contributed by atoms with Crippen molar-refractivity contribution < 1.29 is 55.6 Å². The highest BCUT2D eigenvalue weighted by atomic mass is 32.2. The molecule has 1 N–H and O–H groups in total. The zero-order valence-electron chi connectivity index (χ0n) is 28.2. The molecule has 0 saturated heterocycles. The summed E-state index contributed by atoms with van der Waals surface area (Å²) in [5, 5.41) is 2.31. The first-order valence-electron chi connectivity index (χ1n) is 14.7. The molecule has 14 heteroatoms. The zero-order valence-corrected chi connectivity index (χ0v) is 29.0. The molecular formula is C31H51F4NO8S. The summed E-state index contributed by atoms with van der Waals surface area (Å²) in [4.78, 5) is 25.3. The van der Waals surface area contributed by atoms with Gasteiger partial charge in [-0.1, -0.05) is 6.92 Å². The Morgan fingerprint density at radius 3 is 1.93 bits per heavy atom. The first-order valence-corrected chi connectivity index (χ1v) is 15.9. The molecule has 0 aromatic heterocycles. The Morgan fingerprint density at radius 1 is 0.867 bits per heavy atom. The zero-order chi connectivity index (χ0) is 34.8. The highest BCUT2D eigenvalue weighted by Crippen LogP contribution is 2.27. The lowest BCUT2D eigenvalue weighted by Gasteiger charge is -2.31. The van der Waals surface area contributed by atoms with Crippen molar-refractivity contribution in [3.8, 4) is 5.75 Å². The van der Waals surface area contributed by atoms with E-state index in [1.807, 2.05) is 55.4 Å². The Morgan fingerprint density at radius 2 is 1.42 bits per heavy atom. The normalized spacial score (nSPS) is 12.7. The summed E-state index contributed by atoms with van der Waals surface area (Å²) in [6.45, 7) is 16.7. The smallest absolute Gasteiger partial charge is 0.407 e. The minimum Gasteiger partial charge on any atom is -0.449 e. The number of carbonyl (C=O) groups is 2. The van der Waals surface area contributed by atoms with E-state index in [4.69, 9.17) is 18.9 Å². The van der Waals surface area contributed by atoms with Gasteiger partial charge in [0.25, 0.3) is 0 Å². The molecule has 0 radical (unpaired) electrons. The monoisotopic (exact) mass is 673 g/mol. The van der Waals surface area contributed by atoms with E-state index in [1.165, 1.54) is 11.8 Å². The van der Waals surface area contributed by atoms with Gasteiger partial charge in [0.15, 0.2) is 11.6 Å². The van der Waals surface area contributed by atoms with E-state index in [0.717, 1.165) is 13.0 Å². The maximum Gasteiger partial charge on any atom is 0.407 e. The lowest BCUT2D eigenvalue weighted by atomic mass is 10.1.